The van der Waals surface area contributed by atoms with E-state index in [0.717, 1.165) is 38.1 Å². The van der Waals surface area contributed by atoms with Crippen LogP contribution in [0.3, 0.4) is 0 Å². The van der Waals surface area contributed by atoms with Crippen molar-refractivity contribution in [2.24, 2.45) is 0 Å². The molecular formula is C33H34F4N4O5S. The molecule has 3 aliphatic carbocycles. The number of aryl methyl sites for hydroxylation is 2. The predicted octanol–water partition coefficient (Wildman–Crippen LogP) is 6.94. The molecule has 0 radical (unpaired) electrons. The predicted molar refractivity (Wildman–Crippen MR) is 166 cm³/mol. The molecule has 3 aliphatic rings. The molecule has 0 aliphatic heterocycles. The lowest BCUT2D eigenvalue weighted by atomic mass is 9.84. The van der Waals surface area contributed by atoms with Crippen molar-refractivity contribution in [3.63, 3.8) is 0 Å². The Morgan fingerprint density at radius 3 is 2.45 bits per heavy atom. The van der Waals surface area contributed by atoms with Gasteiger partial charge in [-0.25, -0.2) is 27.8 Å². The van der Waals surface area contributed by atoms with Crippen LogP contribution in [0, 0.1) is 13.8 Å². The molecule has 47 heavy (non-hydrogen) atoms. The fourth-order valence-corrected chi connectivity index (χ4v) is 7.65. The Bertz CT molecular complexity index is 1930. The van der Waals surface area contributed by atoms with Crippen molar-refractivity contribution in [3.05, 3.63) is 82.3 Å². The van der Waals surface area contributed by atoms with Crippen LogP contribution in [0.15, 0.2) is 63.6 Å². The number of ether oxygens (including phenoxy) is 1. The summed E-state index contributed by atoms with van der Waals surface area (Å²) in [5, 5.41) is 8.47. The fourth-order valence-electron chi connectivity index (χ4n) is 6.47. The zero-order valence-corrected chi connectivity index (χ0v) is 26.9. The summed E-state index contributed by atoms with van der Waals surface area (Å²) < 4.78 is 94.8. The van der Waals surface area contributed by atoms with Crippen LogP contribution in [0.25, 0.3) is 22.6 Å². The molecule has 1 fully saturated rings. The second-order valence-corrected chi connectivity index (χ2v) is 14.3. The zero-order valence-electron chi connectivity index (χ0n) is 26.1. The lowest BCUT2D eigenvalue weighted by Crippen LogP contribution is -2.28. The molecule has 0 saturated heterocycles. The number of alkyl halides is 3. The molecule has 1 N–H and O–H groups in total. The van der Waals surface area contributed by atoms with E-state index >= 15 is 4.39 Å². The second-order valence-electron chi connectivity index (χ2n) is 12.1. The van der Waals surface area contributed by atoms with E-state index in [2.05, 4.69) is 15.0 Å². The lowest BCUT2D eigenvalue weighted by Gasteiger charge is -2.28. The number of pyridine rings is 1. The molecule has 9 nitrogen and oxygen atoms in total. The number of aromatic nitrogens is 4. The third kappa shape index (κ3) is 6.71. The number of allylic oxidation sites excluding steroid dienone is 7. The van der Waals surface area contributed by atoms with Crippen molar-refractivity contribution in [3.8, 4) is 17.2 Å². The lowest BCUT2D eigenvalue weighted by molar-refractivity contribution is -0.141. The van der Waals surface area contributed by atoms with Gasteiger partial charge in [0.1, 0.15) is 23.4 Å². The van der Waals surface area contributed by atoms with Gasteiger partial charge in [-0.05, 0) is 81.2 Å². The highest BCUT2D eigenvalue weighted by Crippen LogP contribution is 2.44. The quantitative estimate of drug-likeness (QED) is 0.255. The SMILES string of the molecule is Cc1nc(C2=C(n3cc(C(F)(F)F)nc3C)CCC(C3=CC(F)=C(CO)C(S(C)(=O)=O)C3)=C2)c(-c2ccc(OC3CCCC3)nc2)o1. The van der Waals surface area contributed by atoms with Crippen LogP contribution in [0.5, 0.6) is 5.88 Å². The maximum atomic E-state index is 15.2. The highest BCUT2D eigenvalue weighted by atomic mass is 32.2. The Hall–Kier alpha value is -4.04. The molecule has 1 unspecified atom stereocenters. The van der Waals surface area contributed by atoms with E-state index in [9.17, 15) is 26.7 Å². The summed E-state index contributed by atoms with van der Waals surface area (Å²) in [4.78, 5) is 12.9. The minimum Gasteiger partial charge on any atom is -0.474 e. The first-order valence-electron chi connectivity index (χ1n) is 15.3. The highest BCUT2D eigenvalue weighted by Gasteiger charge is 2.37. The zero-order chi connectivity index (χ0) is 33.7. The number of rotatable bonds is 8. The first-order chi connectivity index (χ1) is 22.2. The number of hydrogen-bond donors (Lipinski definition) is 1. The maximum Gasteiger partial charge on any atom is 0.434 e. The number of imidazole rings is 1. The number of hydrogen-bond acceptors (Lipinski definition) is 8. The minimum atomic E-state index is -4.67. The molecule has 1 saturated carbocycles. The standard InChI is InChI=1S/C33H34F4N4O5S/c1-18-39-29(33(35,36)37)16-41(18)27-10-8-20(22-13-26(34)25(17-42)28(14-22)47(3,43)44)12-24(27)31-32(45-19(2)40-31)21-9-11-30(38-15-21)46-23-6-4-5-7-23/h9,11-13,15-16,23,28,42H,4-8,10,14,17H2,1-3H3. The Labute approximate surface area is 269 Å². The first-order valence-corrected chi connectivity index (χ1v) is 17.3. The van der Waals surface area contributed by atoms with Gasteiger partial charge in [-0.1, -0.05) is 0 Å². The van der Waals surface area contributed by atoms with Crippen LogP contribution < -0.4 is 4.74 Å². The van der Waals surface area contributed by atoms with E-state index in [4.69, 9.17) is 9.15 Å². The van der Waals surface area contributed by atoms with E-state index in [-0.39, 0.29) is 36.8 Å². The molecular weight excluding hydrogens is 640 g/mol. The monoisotopic (exact) mass is 674 g/mol. The highest BCUT2D eigenvalue weighted by molar-refractivity contribution is 7.91. The molecule has 6 rings (SSSR count). The number of halogens is 4. The minimum absolute atomic E-state index is 0.0734. The topological polar surface area (TPSA) is 120 Å². The van der Waals surface area contributed by atoms with Gasteiger partial charge in [-0.3, -0.25) is 0 Å². The van der Waals surface area contributed by atoms with Crippen molar-refractivity contribution >= 4 is 21.1 Å². The van der Waals surface area contributed by atoms with E-state index in [1.807, 2.05) is 0 Å². The fraction of sp³-hybridized carbons (Fsp3) is 0.424. The van der Waals surface area contributed by atoms with Crippen molar-refractivity contribution < 1.29 is 40.2 Å². The van der Waals surface area contributed by atoms with E-state index < -0.39 is 39.4 Å². The van der Waals surface area contributed by atoms with Crippen molar-refractivity contribution in [1.82, 2.24) is 19.5 Å². The summed E-state index contributed by atoms with van der Waals surface area (Å²) in [6, 6.07) is 3.50. The van der Waals surface area contributed by atoms with Gasteiger partial charge in [0, 0.05) is 54.0 Å². The van der Waals surface area contributed by atoms with Crippen molar-refractivity contribution in [1.29, 1.82) is 0 Å². The summed E-state index contributed by atoms with van der Waals surface area (Å²) in [6.45, 7) is 2.37. The summed E-state index contributed by atoms with van der Waals surface area (Å²) in [7, 11) is -3.78. The van der Waals surface area contributed by atoms with E-state index in [0.29, 0.717) is 51.2 Å². The van der Waals surface area contributed by atoms with Gasteiger partial charge in [0.2, 0.25) is 5.88 Å². The van der Waals surface area contributed by atoms with Crippen LogP contribution in [0.2, 0.25) is 0 Å². The van der Waals surface area contributed by atoms with Crippen LogP contribution in [-0.2, 0) is 16.0 Å². The summed E-state index contributed by atoms with van der Waals surface area (Å²) in [6.07, 6.45) is 6.40. The van der Waals surface area contributed by atoms with Gasteiger partial charge in [-0.15, -0.1) is 0 Å². The molecule has 0 amide bonds. The molecule has 14 heteroatoms. The van der Waals surface area contributed by atoms with Crippen molar-refractivity contribution in [2.75, 3.05) is 12.9 Å². The smallest absolute Gasteiger partial charge is 0.434 e. The van der Waals surface area contributed by atoms with Gasteiger partial charge < -0.3 is 18.8 Å². The van der Waals surface area contributed by atoms with Crippen LogP contribution in [0.4, 0.5) is 17.6 Å². The third-order valence-corrected chi connectivity index (χ3v) is 10.3. The number of sulfone groups is 1. The van der Waals surface area contributed by atoms with Crippen LogP contribution in [0.1, 0.15) is 68.0 Å². The van der Waals surface area contributed by atoms with E-state index in [1.54, 1.807) is 31.3 Å². The van der Waals surface area contributed by atoms with Crippen LogP contribution in [-0.4, -0.2) is 57.3 Å². The van der Waals surface area contributed by atoms with Gasteiger partial charge >= 0.3 is 6.18 Å². The number of aliphatic hydroxyl groups excluding tert-OH is 1. The molecule has 3 aromatic rings. The Morgan fingerprint density at radius 2 is 1.83 bits per heavy atom. The van der Waals surface area contributed by atoms with E-state index in [1.165, 1.54) is 17.6 Å². The molecule has 0 bridgehead atoms. The Balaban J connectivity index is 1.48. The number of aliphatic hydroxyl groups is 1. The molecule has 1 atom stereocenters. The molecule has 3 heterocycles. The van der Waals surface area contributed by atoms with Gasteiger partial charge in [-0.2, -0.15) is 13.2 Å². The summed E-state index contributed by atoms with van der Waals surface area (Å²) in [5.41, 5.74) is 1.48. The largest absolute Gasteiger partial charge is 0.474 e. The van der Waals surface area contributed by atoms with Gasteiger partial charge in [0.05, 0.1) is 11.9 Å². The van der Waals surface area contributed by atoms with Crippen molar-refractivity contribution in [2.45, 2.75) is 76.3 Å². The maximum absolute atomic E-state index is 15.2. The molecule has 0 spiro atoms. The average Bonchev–Trinajstić information content (AvgIpc) is 3.76. The number of oxazole rings is 1. The Kier molecular flexibility index (Phi) is 8.77. The van der Waals surface area contributed by atoms with Crippen LogP contribution >= 0.6 is 0 Å². The Morgan fingerprint density at radius 1 is 1.09 bits per heavy atom. The second kappa shape index (κ2) is 12.5. The first kappa shape index (κ1) is 32.9. The average molecular weight is 675 g/mol. The molecule has 250 valence electrons. The molecule has 0 aromatic carbocycles. The number of nitrogens with zero attached hydrogens (tertiary/aromatic N) is 4. The summed E-state index contributed by atoms with van der Waals surface area (Å²) in [5.74, 6) is 0.359. The normalized spacial score (nSPS) is 19.8. The van der Waals surface area contributed by atoms with Gasteiger partial charge in [0.25, 0.3) is 0 Å². The third-order valence-electron chi connectivity index (χ3n) is 8.80. The van der Waals surface area contributed by atoms with Gasteiger partial charge in [0.15, 0.2) is 27.2 Å². The molecule has 3 aromatic heterocycles. The summed E-state index contributed by atoms with van der Waals surface area (Å²) >= 11 is 0.